The van der Waals surface area contributed by atoms with Gasteiger partial charge in [-0.3, -0.25) is 0 Å². The molecule has 0 N–H and O–H groups in total. The van der Waals surface area contributed by atoms with Gasteiger partial charge in [-0.25, -0.2) is 0 Å². The molecule has 0 unspecified atom stereocenters. The van der Waals surface area contributed by atoms with E-state index in [0.717, 1.165) is 5.56 Å². The number of benzene rings is 1. The minimum absolute atomic E-state index is 0.286. The first-order chi connectivity index (χ1) is 13.2. The Hall–Kier alpha value is -1.28. The maximum atomic E-state index is 6.58. The summed E-state index contributed by atoms with van der Waals surface area (Å²) in [4.78, 5) is 0. The van der Waals surface area contributed by atoms with E-state index in [-0.39, 0.29) is 12.2 Å². The second-order valence-electron chi connectivity index (χ2n) is 8.57. The van der Waals surface area contributed by atoms with Gasteiger partial charge in [-0.1, -0.05) is 36.4 Å². The molecule has 1 aromatic carbocycles. The Kier molecular flexibility index (Phi) is 5.15. The fourth-order valence-corrected chi connectivity index (χ4v) is 4.32. The third kappa shape index (κ3) is 3.65. The van der Waals surface area contributed by atoms with E-state index in [4.69, 9.17) is 28.4 Å². The van der Waals surface area contributed by atoms with Crippen molar-refractivity contribution in [2.45, 2.75) is 82.5 Å². The van der Waals surface area contributed by atoms with Crippen molar-refractivity contribution >= 4 is 0 Å². The molecule has 28 heavy (non-hydrogen) atoms. The normalized spacial score (nSPS) is 38.4. The van der Waals surface area contributed by atoms with Crippen molar-refractivity contribution in [2.24, 2.45) is 0 Å². The summed E-state index contributed by atoms with van der Waals surface area (Å²) >= 11 is 0. The van der Waals surface area contributed by atoms with Gasteiger partial charge in [0, 0.05) is 0 Å². The van der Waals surface area contributed by atoms with Crippen LogP contribution in [0.5, 0.6) is 0 Å². The van der Waals surface area contributed by atoms with Crippen LogP contribution in [0.4, 0.5) is 0 Å². The molecule has 6 nitrogen and oxygen atoms in total. The smallest absolute Gasteiger partial charge is 0.190 e. The molecule has 0 amide bonds. The van der Waals surface area contributed by atoms with Crippen molar-refractivity contribution < 1.29 is 28.4 Å². The molecule has 0 bridgehead atoms. The van der Waals surface area contributed by atoms with Crippen LogP contribution in [-0.2, 0) is 35.0 Å². The van der Waals surface area contributed by atoms with Crippen molar-refractivity contribution in [2.75, 3.05) is 6.61 Å². The SMILES string of the molecule is C=CC[C@@]1(OCc2ccccc2)[C@@H]([C@H]2COC(C)(C)O2)O[C@@H]2OC(C)(C)O[C@@H]21. The lowest BCUT2D eigenvalue weighted by molar-refractivity contribution is -0.257. The molecule has 0 saturated carbocycles. The third-order valence-electron chi connectivity index (χ3n) is 5.48. The van der Waals surface area contributed by atoms with Crippen LogP contribution < -0.4 is 0 Å². The van der Waals surface area contributed by atoms with Gasteiger partial charge in [-0.05, 0) is 39.7 Å². The van der Waals surface area contributed by atoms with Gasteiger partial charge in [-0.2, -0.15) is 0 Å². The van der Waals surface area contributed by atoms with Crippen LogP contribution in [0.15, 0.2) is 43.0 Å². The summed E-state index contributed by atoms with van der Waals surface area (Å²) < 4.78 is 37.1. The van der Waals surface area contributed by atoms with Crippen LogP contribution >= 0.6 is 0 Å². The van der Waals surface area contributed by atoms with E-state index in [1.807, 2.05) is 64.1 Å². The molecule has 0 aliphatic carbocycles. The van der Waals surface area contributed by atoms with Gasteiger partial charge in [0.25, 0.3) is 0 Å². The Morgan fingerprint density at radius 3 is 2.43 bits per heavy atom. The molecule has 3 heterocycles. The van der Waals surface area contributed by atoms with E-state index in [1.165, 1.54) is 0 Å². The summed E-state index contributed by atoms with van der Waals surface area (Å²) in [5.74, 6) is -1.40. The van der Waals surface area contributed by atoms with Gasteiger partial charge in [0.1, 0.15) is 23.9 Å². The van der Waals surface area contributed by atoms with Crippen molar-refractivity contribution in [1.82, 2.24) is 0 Å². The van der Waals surface area contributed by atoms with Crippen LogP contribution in [0.25, 0.3) is 0 Å². The van der Waals surface area contributed by atoms with Crippen LogP contribution in [0.1, 0.15) is 39.7 Å². The molecule has 6 heteroatoms. The predicted molar refractivity (Wildman–Crippen MR) is 102 cm³/mol. The number of hydrogen-bond donors (Lipinski definition) is 0. The molecular formula is C22H30O6. The molecule has 3 aliphatic rings. The molecule has 1 aromatic rings. The highest BCUT2D eigenvalue weighted by atomic mass is 16.9. The average Bonchev–Trinajstić information content (AvgIpc) is 3.24. The van der Waals surface area contributed by atoms with Gasteiger partial charge >= 0.3 is 0 Å². The molecule has 4 rings (SSSR count). The van der Waals surface area contributed by atoms with E-state index in [2.05, 4.69) is 6.58 Å². The predicted octanol–water partition coefficient (Wildman–Crippen LogP) is 3.55. The second-order valence-corrected chi connectivity index (χ2v) is 8.57. The maximum absolute atomic E-state index is 6.58. The standard InChI is InChI=1S/C22H30O6/c1-6-12-22(24-13-15-10-8-7-9-11-15)17(16-14-23-20(2,3)26-16)25-19-18(22)27-21(4,5)28-19/h6-11,16-19H,1,12-14H2,2-5H3/t16-,17-,18+,19-,22-/m1/s1. The highest BCUT2D eigenvalue weighted by Gasteiger charge is 2.66. The van der Waals surface area contributed by atoms with Gasteiger partial charge in [-0.15, -0.1) is 6.58 Å². The number of rotatable bonds is 6. The average molecular weight is 390 g/mol. The zero-order valence-electron chi connectivity index (χ0n) is 17.1. The number of ether oxygens (including phenoxy) is 6. The second kappa shape index (κ2) is 7.20. The highest BCUT2D eigenvalue weighted by Crippen LogP contribution is 2.49. The topological polar surface area (TPSA) is 55.4 Å². The highest BCUT2D eigenvalue weighted by molar-refractivity contribution is 5.16. The molecule has 0 spiro atoms. The van der Waals surface area contributed by atoms with Crippen LogP contribution in [0.3, 0.4) is 0 Å². The molecule has 5 atom stereocenters. The van der Waals surface area contributed by atoms with Crippen LogP contribution in [0, 0.1) is 0 Å². The van der Waals surface area contributed by atoms with E-state index in [1.54, 1.807) is 0 Å². The first-order valence-electron chi connectivity index (χ1n) is 9.86. The number of hydrogen-bond acceptors (Lipinski definition) is 6. The molecule has 3 saturated heterocycles. The van der Waals surface area contributed by atoms with Crippen molar-refractivity contribution in [3.05, 3.63) is 48.6 Å². The zero-order valence-corrected chi connectivity index (χ0v) is 17.1. The lowest BCUT2D eigenvalue weighted by Crippen LogP contribution is -2.55. The van der Waals surface area contributed by atoms with Crippen LogP contribution in [0.2, 0.25) is 0 Å². The molecule has 0 radical (unpaired) electrons. The van der Waals surface area contributed by atoms with Crippen molar-refractivity contribution in [3.8, 4) is 0 Å². The Labute approximate surface area is 166 Å². The summed E-state index contributed by atoms with van der Waals surface area (Å²) in [7, 11) is 0. The fourth-order valence-electron chi connectivity index (χ4n) is 4.32. The Morgan fingerprint density at radius 2 is 1.79 bits per heavy atom. The van der Waals surface area contributed by atoms with Gasteiger partial charge in [0.05, 0.1) is 13.2 Å². The zero-order chi connectivity index (χ0) is 20.0. The van der Waals surface area contributed by atoms with E-state index in [9.17, 15) is 0 Å². The lowest BCUT2D eigenvalue weighted by atomic mass is 9.85. The Bertz CT molecular complexity index is 702. The van der Waals surface area contributed by atoms with Gasteiger partial charge in [0.15, 0.2) is 17.9 Å². The van der Waals surface area contributed by atoms with Crippen molar-refractivity contribution in [3.63, 3.8) is 0 Å². The lowest BCUT2D eigenvalue weighted by Gasteiger charge is -2.39. The van der Waals surface area contributed by atoms with Crippen molar-refractivity contribution in [1.29, 1.82) is 0 Å². The monoisotopic (exact) mass is 390 g/mol. The van der Waals surface area contributed by atoms with Gasteiger partial charge < -0.3 is 28.4 Å². The summed E-state index contributed by atoms with van der Waals surface area (Å²) in [6.45, 7) is 12.4. The molecule has 0 aromatic heterocycles. The van der Waals surface area contributed by atoms with E-state index >= 15 is 0 Å². The van der Waals surface area contributed by atoms with Crippen LogP contribution in [-0.4, -0.2) is 48.4 Å². The molecule has 154 valence electrons. The molecule has 3 fully saturated rings. The minimum Gasteiger partial charge on any atom is -0.364 e. The van der Waals surface area contributed by atoms with E-state index in [0.29, 0.717) is 19.6 Å². The summed E-state index contributed by atoms with van der Waals surface area (Å²) in [5, 5.41) is 0. The quantitative estimate of drug-likeness (QED) is 0.693. The summed E-state index contributed by atoms with van der Waals surface area (Å²) in [6.07, 6.45) is 0.795. The Balaban J connectivity index is 1.65. The number of fused-ring (bicyclic) bond motifs is 1. The van der Waals surface area contributed by atoms with E-state index < -0.39 is 29.6 Å². The largest absolute Gasteiger partial charge is 0.364 e. The maximum Gasteiger partial charge on any atom is 0.190 e. The minimum atomic E-state index is -0.787. The fraction of sp³-hybridized carbons (Fsp3) is 0.636. The molecular weight excluding hydrogens is 360 g/mol. The van der Waals surface area contributed by atoms with Gasteiger partial charge in [0.2, 0.25) is 0 Å². The first-order valence-corrected chi connectivity index (χ1v) is 9.86. The summed E-state index contributed by atoms with van der Waals surface area (Å²) in [5.41, 5.74) is 0.292. The summed E-state index contributed by atoms with van der Waals surface area (Å²) in [6, 6.07) is 10.1. The third-order valence-corrected chi connectivity index (χ3v) is 5.48. The first kappa shape index (κ1) is 20.0. The molecule has 3 aliphatic heterocycles. The Morgan fingerprint density at radius 1 is 1.04 bits per heavy atom.